The number of fused-ring (bicyclic) bond motifs is 14. The van der Waals surface area contributed by atoms with Gasteiger partial charge in [0.1, 0.15) is 11.5 Å². The van der Waals surface area contributed by atoms with Gasteiger partial charge in [-0.3, -0.25) is 0 Å². The van der Waals surface area contributed by atoms with E-state index in [0.29, 0.717) is 0 Å². The van der Waals surface area contributed by atoms with Gasteiger partial charge >= 0.3 is 0 Å². The Balaban J connectivity index is 1.10. The average Bonchev–Trinajstić information content (AvgIpc) is 3.89. The minimum absolute atomic E-state index is 0.666. The van der Waals surface area contributed by atoms with E-state index in [2.05, 4.69) is 228 Å². The molecule has 2 aromatic heterocycles. The Labute approximate surface area is 367 Å². The summed E-state index contributed by atoms with van der Waals surface area (Å²) in [6.45, 7) is 0. The Morgan fingerprint density at radius 3 is 1.98 bits per heavy atom. The molecule has 0 radical (unpaired) electrons. The van der Waals surface area contributed by atoms with E-state index in [4.69, 9.17) is 4.74 Å². The van der Waals surface area contributed by atoms with E-state index in [-0.39, 0.29) is 0 Å². The molecule has 12 aromatic rings. The predicted molar refractivity (Wildman–Crippen MR) is 263 cm³/mol. The van der Waals surface area contributed by atoms with Crippen LogP contribution in [0.1, 0.15) is 22.3 Å². The van der Waals surface area contributed by atoms with Crippen molar-refractivity contribution in [3.8, 4) is 28.3 Å². The molecule has 1 spiro atoms. The van der Waals surface area contributed by atoms with Gasteiger partial charge in [0.15, 0.2) is 0 Å². The molecule has 14 rings (SSSR count). The number of thiophene rings is 1. The standard InChI is InChI=1S/C59H36N2OS/c1-2-17-38(18-3-1)61-50-26-9-5-20-42(50)43-33-31-40(36-52(43)61)60(51-27-14-30-56-58(51)45-21-6-11-29-55(45)63-56)39-32-34-54-49(35-39)59(47-24-8-10-28-53(47)62-54)46-23-7-4-19-41(46)44-22-12-15-37-16-13-25-48(59)57(37)44/h1-36H. The first kappa shape index (κ1) is 34.8. The molecule has 0 amide bonds. The molecule has 1 aliphatic heterocycles. The third-order valence-electron chi connectivity index (χ3n) is 13.6. The first-order chi connectivity index (χ1) is 31.3. The first-order valence-corrected chi connectivity index (χ1v) is 22.4. The van der Waals surface area contributed by atoms with Gasteiger partial charge in [-0.05, 0) is 106 Å². The van der Waals surface area contributed by atoms with E-state index in [1.807, 2.05) is 11.3 Å². The van der Waals surface area contributed by atoms with Crippen molar-refractivity contribution in [2.45, 2.75) is 5.41 Å². The summed E-state index contributed by atoms with van der Waals surface area (Å²) in [5, 5.41) is 7.48. The Kier molecular flexibility index (Phi) is 7.20. The number of rotatable bonds is 4. The fourth-order valence-electron chi connectivity index (χ4n) is 11.1. The number of anilines is 3. The first-order valence-electron chi connectivity index (χ1n) is 21.6. The molecule has 2 aliphatic rings. The van der Waals surface area contributed by atoms with E-state index in [1.165, 1.54) is 69.5 Å². The lowest BCUT2D eigenvalue weighted by atomic mass is 9.58. The number of hydrogen-bond donors (Lipinski definition) is 0. The van der Waals surface area contributed by atoms with Crippen LogP contribution in [0.25, 0.3) is 69.6 Å². The fraction of sp³-hybridized carbons (Fsp3) is 0.0169. The second-order valence-electron chi connectivity index (χ2n) is 16.8. The van der Waals surface area contributed by atoms with Crippen LogP contribution in [0, 0.1) is 0 Å². The summed E-state index contributed by atoms with van der Waals surface area (Å²) in [5.41, 5.74) is 13.4. The Morgan fingerprint density at radius 2 is 1.06 bits per heavy atom. The Hall–Kier alpha value is -7.92. The van der Waals surface area contributed by atoms with Crippen molar-refractivity contribution in [1.82, 2.24) is 4.57 Å². The molecule has 1 unspecified atom stereocenters. The van der Waals surface area contributed by atoms with Crippen molar-refractivity contribution in [1.29, 1.82) is 0 Å². The van der Waals surface area contributed by atoms with Crippen LogP contribution < -0.4 is 9.64 Å². The van der Waals surface area contributed by atoms with Gasteiger partial charge in [-0.1, -0.05) is 146 Å². The lowest BCUT2D eigenvalue weighted by Crippen LogP contribution is -2.36. The maximum atomic E-state index is 7.00. The fourth-order valence-corrected chi connectivity index (χ4v) is 12.3. The molecule has 294 valence electrons. The largest absolute Gasteiger partial charge is 0.457 e. The molecule has 4 heteroatoms. The molecule has 1 aliphatic carbocycles. The molecule has 10 aromatic carbocycles. The van der Waals surface area contributed by atoms with E-state index < -0.39 is 5.41 Å². The van der Waals surface area contributed by atoms with Crippen molar-refractivity contribution in [3.63, 3.8) is 0 Å². The number of ether oxygens (including phenoxy) is 1. The molecule has 0 fully saturated rings. The quantitative estimate of drug-likeness (QED) is 0.176. The summed E-state index contributed by atoms with van der Waals surface area (Å²) < 4.78 is 12.0. The zero-order valence-electron chi connectivity index (χ0n) is 34.0. The smallest absolute Gasteiger partial charge is 0.132 e. The SMILES string of the molecule is c1ccc(-n2c3ccccc3c3ccc(N(c4ccc5c(c4)C4(c6ccccc6O5)c5ccccc5-c5cccc6cccc4c56)c4cccc5sc6ccccc6c45)cc32)cc1. The zero-order chi connectivity index (χ0) is 41.2. The molecule has 3 heterocycles. The lowest BCUT2D eigenvalue weighted by Gasteiger charge is -2.45. The molecule has 0 saturated carbocycles. The van der Waals surface area contributed by atoms with Crippen LogP contribution in [-0.2, 0) is 5.41 Å². The molecule has 3 nitrogen and oxygen atoms in total. The van der Waals surface area contributed by atoms with Crippen LogP contribution in [0.15, 0.2) is 218 Å². The van der Waals surface area contributed by atoms with Crippen LogP contribution in [-0.4, -0.2) is 4.57 Å². The van der Waals surface area contributed by atoms with Gasteiger partial charge < -0.3 is 14.2 Å². The van der Waals surface area contributed by atoms with Crippen molar-refractivity contribution in [2.75, 3.05) is 4.90 Å². The molecule has 0 bridgehead atoms. The summed E-state index contributed by atoms with van der Waals surface area (Å²) in [7, 11) is 0. The number of para-hydroxylation sites is 3. The van der Waals surface area contributed by atoms with Crippen molar-refractivity contribution in [2.24, 2.45) is 0 Å². The minimum atomic E-state index is -0.666. The summed E-state index contributed by atoms with van der Waals surface area (Å²) in [6, 6.07) is 80.3. The maximum Gasteiger partial charge on any atom is 0.132 e. The average molecular weight is 821 g/mol. The van der Waals surface area contributed by atoms with E-state index in [9.17, 15) is 0 Å². The van der Waals surface area contributed by atoms with Crippen molar-refractivity contribution >= 4 is 81.1 Å². The van der Waals surface area contributed by atoms with Crippen LogP contribution >= 0.6 is 11.3 Å². The van der Waals surface area contributed by atoms with Gasteiger partial charge in [-0.25, -0.2) is 0 Å². The summed E-state index contributed by atoms with van der Waals surface area (Å²) in [6.07, 6.45) is 0. The third-order valence-corrected chi connectivity index (χ3v) is 14.8. The highest BCUT2D eigenvalue weighted by Crippen LogP contribution is 2.62. The summed E-state index contributed by atoms with van der Waals surface area (Å²) >= 11 is 1.85. The van der Waals surface area contributed by atoms with Crippen LogP contribution in [0.4, 0.5) is 17.1 Å². The van der Waals surface area contributed by atoms with Gasteiger partial charge in [0, 0.05) is 59.1 Å². The van der Waals surface area contributed by atoms with E-state index in [0.717, 1.165) is 50.9 Å². The van der Waals surface area contributed by atoms with Gasteiger partial charge in [0.05, 0.1) is 22.1 Å². The van der Waals surface area contributed by atoms with Crippen molar-refractivity contribution < 1.29 is 4.74 Å². The van der Waals surface area contributed by atoms with Gasteiger partial charge in [-0.2, -0.15) is 0 Å². The van der Waals surface area contributed by atoms with E-state index >= 15 is 0 Å². The van der Waals surface area contributed by atoms with Crippen LogP contribution in [0.5, 0.6) is 11.5 Å². The Bertz CT molecular complexity index is 3860. The predicted octanol–water partition coefficient (Wildman–Crippen LogP) is 16.2. The summed E-state index contributed by atoms with van der Waals surface area (Å²) in [4.78, 5) is 2.49. The highest BCUT2D eigenvalue weighted by molar-refractivity contribution is 7.26. The van der Waals surface area contributed by atoms with E-state index in [1.54, 1.807) is 0 Å². The minimum Gasteiger partial charge on any atom is -0.457 e. The number of benzene rings is 10. The second-order valence-corrected chi connectivity index (χ2v) is 17.8. The molecular formula is C59H36N2OS. The number of aromatic nitrogens is 1. The second kappa shape index (κ2) is 13.0. The third kappa shape index (κ3) is 4.73. The van der Waals surface area contributed by atoms with Gasteiger partial charge in [0.2, 0.25) is 0 Å². The normalized spacial score (nSPS) is 14.9. The molecule has 0 N–H and O–H groups in total. The molecule has 0 saturated heterocycles. The maximum absolute atomic E-state index is 7.00. The monoisotopic (exact) mass is 820 g/mol. The Morgan fingerprint density at radius 1 is 0.413 bits per heavy atom. The summed E-state index contributed by atoms with van der Waals surface area (Å²) in [5.74, 6) is 1.75. The molecule has 63 heavy (non-hydrogen) atoms. The van der Waals surface area contributed by atoms with Crippen molar-refractivity contribution in [3.05, 3.63) is 241 Å². The van der Waals surface area contributed by atoms with Gasteiger partial charge in [-0.15, -0.1) is 11.3 Å². The topological polar surface area (TPSA) is 17.4 Å². The molecular weight excluding hydrogens is 785 g/mol. The molecule has 1 atom stereocenters. The van der Waals surface area contributed by atoms with Crippen LogP contribution in [0.2, 0.25) is 0 Å². The number of nitrogens with zero attached hydrogens (tertiary/aromatic N) is 2. The zero-order valence-corrected chi connectivity index (χ0v) is 34.8. The van der Waals surface area contributed by atoms with Crippen LogP contribution in [0.3, 0.4) is 0 Å². The highest BCUT2D eigenvalue weighted by atomic mass is 32.1. The lowest BCUT2D eigenvalue weighted by molar-refractivity contribution is 0.435. The number of hydrogen-bond acceptors (Lipinski definition) is 3. The van der Waals surface area contributed by atoms with Gasteiger partial charge in [0.25, 0.3) is 0 Å². The highest BCUT2D eigenvalue weighted by Gasteiger charge is 2.49.